The van der Waals surface area contributed by atoms with E-state index < -0.39 is 28.9 Å². The molecule has 35 heavy (non-hydrogen) atoms. The van der Waals surface area contributed by atoms with E-state index in [0.717, 1.165) is 17.5 Å². The summed E-state index contributed by atoms with van der Waals surface area (Å²) in [6, 6.07) is 12.6. The summed E-state index contributed by atoms with van der Waals surface area (Å²) < 4.78 is 45.7. The molecule has 0 aromatic heterocycles. The summed E-state index contributed by atoms with van der Waals surface area (Å²) in [5.74, 6) is -4.31. The molecular formula is C27H23F3N2O3. The monoisotopic (exact) mass is 480 g/mol. The standard InChI is InChI=1S/C27H23F3N2O3/c1-27(2)14-16-6-9-18(35-3)10-19(16)24(32-27)13-25(33)15-4-7-17(8-5-15)31-26(34)20-11-22(29)23(30)12-21(20)28/h4-12H,13-14H2,1-3H3,(H,31,34). The Balaban J connectivity index is 1.50. The molecule has 8 heteroatoms. The summed E-state index contributed by atoms with van der Waals surface area (Å²) in [4.78, 5) is 30.1. The third kappa shape index (κ3) is 5.26. The van der Waals surface area contributed by atoms with Crippen LogP contribution in [0.25, 0.3) is 0 Å². The lowest BCUT2D eigenvalue weighted by Gasteiger charge is -2.29. The summed E-state index contributed by atoms with van der Waals surface area (Å²) in [5, 5.41) is 2.41. The first-order valence-corrected chi connectivity index (χ1v) is 10.9. The number of Topliss-reactive ketones (excluding diaryl/α,β-unsaturated/α-hetero) is 1. The van der Waals surface area contributed by atoms with Gasteiger partial charge >= 0.3 is 0 Å². The van der Waals surface area contributed by atoms with E-state index >= 15 is 0 Å². The van der Waals surface area contributed by atoms with Gasteiger partial charge in [0.05, 0.1) is 30.3 Å². The normalized spacial score (nSPS) is 14.1. The van der Waals surface area contributed by atoms with E-state index in [1.54, 1.807) is 7.11 Å². The quantitative estimate of drug-likeness (QED) is 0.360. The minimum absolute atomic E-state index is 0.0787. The molecule has 4 rings (SSSR count). The van der Waals surface area contributed by atoms with Crippen LogP contribution < -0.4 is 10.1 Å². The molecule has 0 aliphatic carbocycles. The predicted octanol–water partition coefficient (Wildman–Crippen LogP) is 5.76. The lowest BCUT2D eigenvalue weighted by Crippen LogP contribution is -2.30. The van der Waals surface area contributed by atoms with Gasteiger partial charge in [0.25, 0.3) is 5.91 Å². The Morgan fingerprint density at radius 3 is 2.34 bits per heavy atom. The van der Waals surface area contributed by atoms with Gasteiger partial charge in [0.15, 0.2) is 17.4 Å². The Bertz CT molecular complexity index is 1350. The molecule has 0 unspecified atom stereocenters. The van der Waals surface area contributed by atoms with Crippen LogP contribution in [0.5, 0.6) is 5.75 Å². The number of ether oxygens (including phenoxy) is 1. The first-order valence-electron chi connectivity index (χ1n) is 10.9. The van der Waals surface area contributed by atoms with Crippen LogP contribution in [0.15, 0.2) is 59.6 Å². The van der Waals surface area contributed by atoms with E-state index in [2.05, 4.69) is 5.32 Å². The fraction of sp³-hybridized carbons (Fsp3) is 0.222. The minimum atomic E-state index is -1.38. The Hall–Kier alpha value is -3.94. The molecule has 3 aromatic rings. The number of hydrogen-bond acceptors (Lipinski definition) is 4. The van der Waals surface area contributed by atoms with E-state index in [-0.39, 0.29) is 23.4 Å². The van der Waals surface area contributed by atoms with E-state index in [4.69, 9.17) is 9.73 Å². The van der Waals surface area contributed by atoms with Crippen molar-refractivity contribution < 1.29 is 27.5 Å². The largest absolute Gasteiger partial charge is 0.497 e. The van der Waals surface area contributed by atoms with Crippen LogP contribution in [0.2, 0.25) is 0 Å². The fourth-order valence-electron chi connectivity index (χ4n) is 4.06. The molecule has 0 saturated heterocycles. The van der Waals surface area contributed by atoms with Gasteiger partial charge in [0, 0.05) is 22.9 Å². The maximum absolute atomic E-state index is 13.9. The van der Waals surface area contributed by atoms with Crippen molar-refractivity contribution in [1.29, 1.82) is 0 Å². The highest BCUT2D eigenvalue weighted by Crippen LogP contribution is 2.31. The van der Waals surface area contributed by atoms with Crippen LogP contribution in [0.1, 0.15) is 52.1 Å². The molecule has 0 fully saturated rings. The summed E-state index contributed by atoms with van der Waals surface area (Å²) in [7, 11) is 1.58. The summed E-state index contributed by atoms with van der Waals surface area (Å²) in [5.41, 5.74) is 2.34. The number of hydrogen-bond donors (Lipinski definition) is 1. The number of ketones is 1. The SMILES string of the molecule is COc1ccc2c(c1)C(CC(=O)c1ccc(NC(=O)c3cc(F)c(F)cc3F)cc1)=NC(C)(C)C2. The molecule has 0 radical (unpaired) electrons. The number of rotatable bonds is 6. The highest BCUT2D eigenvalue weighted by molar-refractivity contribution is 6.17. The topological polar surface area (TPSA) is 67.8 Å². The number of benzene rings is 3. The van der Waals surface area contributed by atoms with Gasteiger partial charge in [0.1, 0.15) is 11.6 Å². The van der Waals surface area contributed by atoms with Crippen molar-refractivity contribution in [2.24, 2.45) is 4.99 Å². The van der Waals surface area contributed by atoms with Crippen LogP contribution >= 0.6 is 0 Å². The molecule has 1 N–H and O–H groups in total. The van der Waals surface area contributed by atoms with Crippen molar-refractivity contribution >= 4 is 23.1 Å². The molecule has 3 aromatic carbocycles. The fourth-order valence-corrected chi connectivity index (χ4v) is 4.06. The van der Waals surface area contributed by atoms with Gasteiger partial charge in [-0.3, -0.25) is 14.6 Å². The second-order valence-corrected chi connectivity index (χ2v) is 8.95. The van der Waals surface area contributed by atoms with Crippen molar-refractivity contribution in [3.63, 3.8) is 0 Å². The van der Waals surface area contributed by atoms with Gasteiger partial charge in [-0.2, -0.15) is 0 Å². The Labute approximate surface area is 200 Å². The second kappa shape index (κ2) is 9.37. The molecule has 0 bridgehead atoms. The van der Waals surface area contributed by atoms with Crippen molar-refractivity contribution in [3.8, 4) is 5.75 Å². The molecule has 0 atom stereocenters. The van der Waals surface area contributed by atoms with Gasteiger partial charge in [-0.15, -0.1) is 0 Å². The number of carbonyl (C=O) groups excluding carboxylic acids is 2. The Morgan fingerprint density at radius 2 is 1.66 bits per heavy atom. The van der Waals surface area contributed by atoms with Crippen LogP contribution in [0.4, 0.5) is 18.9 Å². The van der Waals surface area contributed by atoms with Crippen LogP contribution in [-0.4, -0.2) is 30.1 Å². The van der Waals surface area contributed by atoms with E-state index in [0.29, 0.717) is 29.2 Å². The number of anilines is 1. The number of nitrogens with zero attached hydrogens (tertiary/aromatic N) is 1. The maximum Gasteiger partial charge on any atom is 0.258 e. The molecule has 1 aliphatic rings. The first kappa shape index (κ1) is 24.2. The first-order chi connectivity index (χ1) is 16.6. The molecule has 1 aliphatic heterocycles. The van der Waals surface area contributed by atoms with Gasteiger partial charge < -0.3 is 10.1 Å². The average molecular weight is 480 g/mol. The Morgan fingerprint density at radius 1 is 0.971 bits per heavy atom. The van der Waals surface area contributed by atoms with Crippen LogP contribution in [-0.2, 0) is 6.42 Å². The van der Waals surface area contributed by atoms with E-state index in [1.165, 1.54) is 24.3 Å². The van der Waals surface area contributed by atoms with Gasteiger partial charge in [-0.25, -0.2) is 13.2 Å². The third-order valence-electron chi connectivity index (χ3n) is 5.74. The van der Waals surface area contributed by atoms with Crippen LogP contribution in [0.3, 0.4) is 0 Å². The predicted molar refractivity (Wildman–Crippen MR) is 127 cm³/mol. The summed E-state index contributed by atoms with van der Waals surface area (Å²) in [6.07, 6.45) is 0.826. The van der Waals surface area contributed by atoms with Crippen molar-refractivity contribution in [1.82, 2.24) is 0 Å². The summed E-state index contributed by atoms with van der Waals surface area (Å²) in [6.45, 7) is 4.02. The summed E-state index contributed by atoms with van der Waals surface area (Å²) >= 11 is 0. The van der Waals surface area contributed by atoms with Crippen molar-refractivity contribution in [2.45, 2.75) is 32.2 Å². The molecule has 1 heterocycles. The highest BCUT2D eigenvalue weighted by atomic mass is 19.2. The van der Waals surface area contributed by atoms with E-state index in [9.17, 15) is 22.8 Å². The number of methoxy groups -OCH3 is 1. The van der Waals surface area contributed by atoms with E-state index in [1.807, 2.05) is 32.0 Å². The number of halogens is 3. The van der Waals surface area contributed by atoms with Gasteiger partial charge in [0.2, 0.25) is 0 Å². The molecule has 1 amide bonds. The zero-order valence-corrected chi connectivity index (χ0v) is 19.4. The Kier molecular flexibility index (Phi) is 6.47. The molecule has 5 nitrogen and oxygen atoms in total. The second-order valence-electron chi connectivity index (χ2n) is 8.95. The molecule has 0 saturated carbocycles. The maximum atomic E-state index is 13.9. The number of amides is 1. The van der Waals surface area contributed by atoms with Crippen LogP contribution in [0, 0.1) is 17.5 Å². The lowest BCUT2D eigenvalue weighted by atomic mass is 9.85. The molecular weight excluding hydrogens is 457 g/mol. The van der Waals surface area contributed by atoms with Crippen molar-refractivity contribution in [2.75, 3.05) is 12.4 Å². The van der Waals surface area contributed by atoms with Crippen molar-refractivity contribution in [3.05, 3.63) is 94.3 Å². The smallest absolute Gasteiger partial charge is 0.258 e. The van der Waals surface area contributed by atoms with Gasteiger partial charge in [-0.1, -0.05) is 6.07 Å². The number of fused-ring (bicyclic) bond motifs is 1. The van der Waals surface area contributed by atoms with Gasteiger partial charge in [-0.05, 0) is 68.3 Å². The lowest BCUT2D eigenvalue weighted by molar-refractivity contribution is 0.0998. The zero-order chi connectivity index (χ0) is 25.3. The molecule has 0 spiro atoms. The number of carbonyl (C=O) groups is 2. The number of nitrogens with one attached hydrogen (secondary N) is 1. The minimum Gasteiger partial charge on any atom is -0.497 e. The highest BCUT2D eigenvalue weighted by Gasteiger charge is 2.28. The number of aliphatic imine (C=N–C) groups is 1. The molecule has 180 valence electrons. The average Bonchev–Trinajstić information content (AvgIpc) is 2.81. The zero-order valence-electron chi connectivity index (χ0n) is 19.4. The third-order valence-corrected chi connectivity index (χ3v) is 5.74.